The first kappa shape index (κ1) is 12.1. The molecule has 0 aromatic heterocycles. The highest BCUT2D eigenvalue weighted by atomic mass is 19.2. The van der Waals surface area contributed by atoms with Gasteiger partial charge >= 0.3 is 0 Å². The highest BCUT2D eigenvalue weighted by molar-refractivity contribution is 5.67. The summed E-state index contributed by atoms with van der Waals surface area (Å²) < 4.78 is 26.8. The fraction of sp³-hybridized carbons (Fsp3) is 0.538. The maximum Gasteiger partial charge on any atom is 0.183 e. The van der Waals surface area contributed by atoms with E-state index in [1.54, 1.807) is 0 Å². The SMILES string of the molecule is CC1CCCCC1Nc1c(N)ccc(F)c1F. The van der Waals surface area contributed by atoms with Crippen LogP contribution in [0.15, 0.2) is 12.1 Å². The summed E-state index contributed by atoms with van der Waals surface area (Å²) >= 11 is 0. The largest absolute Gasteiger partial charge is 0.397 e. The van der Waals surface area contributed by atoms with Gasteiger partial charge in [0.25, 0.3) is 0 Å². The van der Waals surface area contributed by atoms with Crippen LogP contribution in [0.25, 0.3) is 0 Å². The topological polar surface area (TPSA) is 38.0 Å². The molecular formula is C13H18F2N2. The Morgan fingerprint density at radius 1 is 1.24 bits per heavy atom. The van der Waals surface area contributed by atoms with Crippen LogP contribution in [0.2, 0.25) is 0 Å². The molecule has 2 atom stereocenters. The van der Waals surface area contributed by atoms with Crippen molar-refractivity contribution < 1.29 is 8.78 Å². The van der Waals surface area contributed by atoms with Crippen LogP contribution < -0.4 is 11.1 Å². The number of halogens is 2. The fourth-order valence-corrected chi connectivity index (χ4v) is 2.43. The van der Waals surface area contributed by atoms with Gasteiger partial charge in [-0.1, -0.05) is 19.8 Å². The van der Waals surface area contributed by atoms with Crippen molar-refractivity contribution >= 4 is 11.4 Å². The Bertz CT molecular complexity index is 407. The zero-order valence-electron chi connectivity index (χ0n) is 9.97. The van der Waals surface area contributed by atoms with E-state index in [1.807, 2.05) is 0 Å². The van der Waals surface area contributed by atoms with Gasteiger partial charge in [-0.3, -0.25) is 0 Å². The predicted molar refractivity (Wildman–Crippen MR) is 65.8 cm³/mol. The van der Waals surface area contributed by atoms with E-state index in [-0.39, 0.29) is 17.4 Å². The molecule has 1 saturated carbocycles. The summed E-state index contributed by atoms with van der Waals surface area (Å²) in [6.07, 6.45) is 4.43. The summed E-state index contributed by atoms with van der Waals surface area (Å²) in [6.45, 7) is 2.13. The first-order chi connectivity index (χ1) is 8.09. The highest BCUT2D eigenvalue weighted by Crippen LogP contribution is 2.31. The van der Waals surface area contributed by atoms with Crippen LogP contribution in [0.3, 0.4) is 0 Å². The Labute approximate surface area is 100 Å². The van der Waals surface area contributed by atoms with Gasteiger partial charge in [0.15, 0.2) is 11.6 Å². The third-order valence-corrected chi connectivity index (χ3v) is 3.57. The van der Waals surface area contributed by atoms with Crippen LogP contribution in [0.4, 0.5) is 20.2 Å². The van der Waals surface area contributed by atoms with E-state index in [9.17, 15) is 8.78 Å². The third kappa shape index (κ3) is 2.51. The molecule has 2 nitrogen and oxygen atoms in total. The molecule has 0 saturated heterocycles. The first-order valence-electron chi connectivity index (χ1n) is 6.09. The van der Waals surface area contributed by atoms with Crippen molar-refractivity contribution in [1.29, 1.82) is 0 Å². The van der Waals surface area contributed by atoms with Crippen molar-refractivity contribution in [2.75, 3.05) is 11.1 Å². The van der Waals surface area contributed by atoms with Crippen molar-refractivity contribution in [2.24, 2.45) is 5.92 Å². The van der Waals surface area contributed by atoms with E-state index in [4.69, 9.17) is 5.73 Å². The number of nitrogens with one attached hydrogen (secondary N) is 1. The molecular weight excluding hydrogens is 222 g/mol. The highest BCUT2D eigenvalue weighted by Gasteiger charge is 2.23. The van der Waals surface area contributed by atoms with Crippen molar-refractivity contribution in [1.82, 2.24) is 0 Å². The van der Waals surface area contributed by atoms with E-state index in [2.05, 4.69) is 12.2 Å². The molecule has 94 valence electrons. The zero-order chi connectivity index (χ0) is 12.4. The van der Waals surface area contributed by atoms with Gasteiger partial charge in [0.1, 0.15) is 0 Å². The summed E-state index contributed by atoms with van der Waals surface area (Å²) in [4.78, 5) is 0. The van der Waals surface area contributed by atoms with Crippen molar-refractivity contribution in [3.8, 4) is 0 Å². The Morgan fingerprint density at radius 3 is 2.65 bits per heavy atom. The molecule has 4 heteroatoms. The quantitative estimate of drug-likeness (QED) is 0.776. The summed E-state index contributed by atoms with van der Waals surface area (Å²) in [7, 11) is 0. The molecule has 1 fully saturated rings. The predicted octanol–water partition coefficient (Wildman–Crippen LogP) is 3.54. The van der Waals surface area contributed by atoms with Crippen LogP contribution in [-0.4, -0.2) is 6.04 Å². The fourth-order valence-electron chi connectivity index (χ4n) is 2.43. The zero-order valence-corrected chi connectivity index (χ0v) is 9.97. The lowest BCUT2D eigenvalue weighted by atomic mass is 9.86. The Morgan fingerprint density at radius 2 is 1.94 bits per heavy atom. The lowest BCUT2D eigenvalue weighted by Crippen LogP contribution is -2.31. The molecule has 17 heavy (non-hydrogen) atoms. The molecule has 0 heterocycles. The van der Waals surface area contributed by atoms with Gasteiger partial charge in [-0.2, -0.15) is 0 Å². The lowest BCUT2D eigenvalue weighted by molar-refractivity contribution is 0.348. The number of hydrogen-bond acceptors (Lipinski definition) is 2. The molecule has 0 aliphatic heterocycles. The molecule has 0 bridgehead atoms. The number of hydrogen-bond donors (Lipinski definition) is 2. The summed E-state index contributed by atoms with van der Waals surface area (Å²) in [5.41, 5.74) is 6.06. The number of anilines is 2. The molecule has 0 radical (unpaired) electrons. The van der Waals surface area contributed by atoms with Gasteiger partial charge < -0.3 is 11.1 Å². The molecule has 2 rings (SSSR count). The Balaban J connectivity index is 2.20. The van der Waals surface area contributed by atoms with Gasteiger partial charge in [-0.15, -0.1) is 0 Å². The van der Waals surface area contributed by atoms with Gasteiger partial charge in [0.2, 0.25) is 0 Å². The Hall–Kier alpha value is -1.32. The van der Waals surface area contributed by atoms with Crippen molar-refractivity contribution in [3.05, 3.63) is 23.8 Å². The van der Waals surface area contributed by atoms with Gasteiger partial charge in [0, 0.05) is 6.04 Å². The first-order valence-corrected chi connectivity index (χ1v) is 6.09. The summed E-state index contributed by atoms with van der Waals surface area (Å²) in [5.74, 6) is -1.27. The van der Waals surface area contributed by atoms with E-state index in [1.165, 1.54) is 12.5 Å². The van der Waals surface area contributed by atoms with Gasteiger partial charge in [-0.05, 0) is 30.9 Å². The monoisotopic (exact) mass is 240 g/mol. The molecule has 0 amide bonds. The van der Waals surface area contributed by atoms with Crippen molar-refractivity contribution in [2.45, 2.75) is 38.6 Å². The number of benzene rings is 1. The van der Waals surface area contributed by atoms with E-state index in [0.717, 1.165) is 25.3 Å². The van der Waals surface area contributed by atoms with Crippen LogP contribution in [0.1, 0.15) is 32.6 Å². The smallest absolute Gasteiger partial charge is 0.183 e. The second kappa shape index (κ2) is 4.90. The third-order valence-electron chi connectivity index (χ3n) is 3.57. The number of nitrogens with two attached hydrogens (primary N) is 1. The van der Waals surface area contributed by atoms with Gasteiger partial charge in [0.05, 0.1) is 11.4 Å². The molecule has 3 N–H and O–H groups in total. The average molecular weight is 240 g/mol. The van der Waals surface area contributed by atoms with Crippen LogP contribution in [0.5, 0.6) is 0 Å². The minimum Gasteiger partial charge on any atom is -0.397 e. The Kier molecular flexibility index (Phi) is 3.50. The molecule has 1 aliphatic carbocycles. The molecule has 1 aromatic rings. The lowest BCUT2D eigenvalue weighted by Gasteiger charge is -2.30. The molecule has 1 aromatic carbocycles. The van der Waals surface area contributed by atoms with Crippen LogP contribution in [-0.2, 0) is 0 Å². The second-order valence-corrected chi connectivity index (χ2v) is 4.84. The number of rotatable bonds is 2. The molecule has 1 aliphatic rings. The molecule has 2 unspecified atom stereocenters. The maximum absolute atomic E-state index is 13.6. The van der Waals surface area contributed by atoms with E-state index < -0.39 is 11.6 Å². The maximum atomic E-state index is 13.6. The van der Waals surface area contributed by atoms with Crippen LogP contribution in [0, 0.1) is 17.6 Å². The normalized spacial score (nSPS) is 24.6. The summed E-state index contributed by atoms with van der Waals surface area (Å²) in [5, 5.41) is 3.07. The van der Waals surface area contributed by atoms with E-state index >= 15 is 0 Å². The van der Waals surface area contributed by atoms with Crippen molar-refractivity contribution in [3.63, 3.8) is 0 Å². The minimum atomic E-state index is -0.872. The number of nitrogen functional groups attached to an aromatic ring is 1. The second-order valence-electron chi connectivity index (χ2n) is 4.84. The average Bonchev–Trinajstić information content (AvgIpc) is 2.32. The van der Waals surface area contributed by atoms with Crippen LogP contribution >= 0.6 is 0 Å². The summed E-state index contributed by atoms with van der Waals surface area (Å²) in [6, 6.07) is 2.64. The minimum absolute atomic E-state index is 0.115. The van der Waals surface area contributed by atoms with E-state index in [0.29, 0.717) is 5.92 Å². The van der Waals surface area contributed by atoms with Gasteiger partial charge in [-0.25, -0.2) is 8.78 Å². The standard InChI is InChI=1S/C13H18F2N2/c1-8-4-2-3-5-11(8)17-13-10(16)7-6-9(14)12(13)15/h6-8,11,17H,2-5,16H2,1H3. The molecule has 0 spiro atoms.